The van der Waals surface area contributed by atoms with E-state index in [1.807, 2.05) is 26.0 Å². The number of hydrogen-bond acceptors (Lipinski definition) is 4. The van der Waals surface area contributed by atoms with Crippen molar-refractivity contribution >= 4 is 5.97 Å². The van der Waals surface area contributed by atoms with Crippen LogP contribution >= 0.6 is 0 Å². The van der Waals surface area contributed by atoms with Crippen LogP contribution in [-0.2, 0) is 6.42 Å². The van der Waals surface area contributed by atoms with Gasteiger partial charge in [-0.1, -0.05) is 13.8 Å². The second-order valence-corrected chi connectivity index (χ2v) is 4.58. The van der Waals surface area contributed by atoms with E-state index in [9.17, 15) is 4.79 Å². The first-order valence-corrected chi connectivity index (χ1v) is 6.06. The lowest BCUT2D eigenvalue weighted by atomic mass is 10.0. The minimum Gasteiger partial charge on any atom is -0.478 e. The second kappa shape index (κ2) is 5.56. The minimum absolute atomic E-state index is 0.0466. The summed E-state index contributed by atoms with van der Waals surface area (Å²) < 4.78 is 0. The molecule has 0 bridgehead atoms. The molecule has 0 aliphatic carbocycles. The van der Waals surface area contributed by atoms with Gasteiger partial charge in [0.05, 0.1) is 11.3 Å². The summed E-state index contributed by atoms with van der Waals surface area (Å²) in [6.07, 6.45) is 5.39. The summed E-state index contributed by atoms with van der Waals surface area (Å²) in [6, 6.07) is 3.78. The third-order valence-electron chi connectivity index (χ3n) is 2.76. The predicted octanol–water partition coefficient (Wildman–Crippen LogP) is 2.28. The number of pyridine rings is 1. The van der Waals surface area contributed by atoms with Gasteiger partial charge in [-0.25, -0.2) is 14.8 Å². The minimum atomic E-state index is -0.987. The van der Waals surface area contributed by atoms with Crippen molar-refractivity contribution in [2.24, 2.45) is 0 Å². The molecule has 0 unspecified atom stereocenters. The van der Waals surface area contributed by atoms with E-state index in [1.54, 1.807) is 12.4 Å². The average Bonchev–Trinajstić information content (AvgIpc) is 2.39. The average molecular weight is 257 g/mol. The summed E-state index contributed by atoms with van der Waals surface area (Å²) in [5.41, 5.74) is 1.80. The number of hydrogen-bond donors (Lipinski definition) is 1. The first-order valence-electron chi connectivity index (χ1n) is 6.06. The molecule has 19 heavy (non-hydrogen) atoms. The van der Waals surface area contributed by atoms with Gasteiger partial charge in [0.1, 0.15) is 5.82 Å². The molecule has 2 heterocycles. The lowest BCUT2D eigenvalue weighted by Crippen LogP contribution is -2.10. The van der Waals surface area contributed by atoms with Gasteiger partial charge >= 0.3 is 5.97 Å². The van der Waals surface area contributed by atoms with Crippen molar-refractivity contribution in [2.75, 3.05) is 0 Å². The number of rotatable bonds is 4. The molecule has 0 saturated carbocycles. The second-order valence-electron chi connectivity index (χ2n) is 4.58. The van der Waals surface area contributed by atoms with Crippen molar-refractivity contribution in [1.82, 2.24) is 15.0 Å². The number of nitrogens with zero attached hydrogens (tertiary/aromatic N) is 3. The fourth-order valence-electron chi connectivity index (χ4n) is 1.81. The van der Waals surface area contributed by atoms with E-state index < -0.39 is 5.97 Å². The molecule has 0 aliphatic heterocycles. The Labute approximate surface area is 111 Å². The van der Waals surface area contributed by atoms with Crippen LogP contribution in [0.25, 0.3) is 0 Å². The lowest BCUT2D eigenvalue weighted by molar-refractivity contribution is 0.0694. The molecule has 0 saturated heterocycles. The zero-order valence-electron chi connectivity index (χ0n) is 10.9. The Morgan fingerprint density at radius 1 is 1.32 bits per heavy atom. The van der Waals surface area contributed by atoms with Crippen molar-refractivity contribution in [3.63, 3.8) is 0 Å². The van der Waals surface area contributed by atoms with E-state index in [2.05, 4.69) is 15.0 Å². The Kier molecular flexibility index (Phi) is 3.85. The first-order chi connectivity index (χ1) is 9.08. The van der Waals surface area contributed by atoms with Crippen LogP contribution < -0.4 is 0 Å². The van der Waals surface area contributed by atoms with Gasteiger partial charge in [-0.2, -0.15) is 0 Å². The van der Waals surface area contributed by atoms with Gasteiger partial charge in [0.15, 0.2) is 0 Å². The van der Waals surface area contributed by atoms with Crippen molar-refractivity contribution in [3.8, 4) is 0 Å². The summed E-state index contributed by atoms with van der Waals surface area (Å²) in [5.74, 6) is -0.315. The highest BCUT2D eigenvalue weighted by Gasteiger charge is 2.16. The molecule has 0 fully saturated rings. The number of carbonyl (C=O) groups is 1. The van der Waals surface area contributed by atoms with Crippen molar-refractivity contribution < 1.29 is 9.90 Å². The first kappa shape index (κ1) is 13.1. The molecule has 2 aromatic rings. The van der Waals surface area contributed by atoms with E-state index in [1.165, 1.54) is 6.20 Å². The molecular formula is C14H15N3O2. The zero-order chi connectivity index (χ0) is 13.8. The van der Waals surface area contributed by atoms with Crippen LogP contribution in [-0.4, -0.2) is 26.0 Å². The Morgan fingerprint density at radius 2 is 2.00 bits per heavy atom. The predicted molar refractivity (Wildman–Crippen MR) is 70.1 cm³/mol. The third kappa shape index (κ3) is 3.13. The van der Waals surface area contributed by atoms with Gasteiger partial charge in [-0.3, -0.25) is 4.98 Å². The number of aromatic carboxylic acids is 1. The van der Waals surface area contributed by atoms with Gasteiger partial charge in [0.2, 0.25) is 0 Å². The monoisotopic (exact) mass is 257 g/mol. The summed E-state index contributed by atoms with van der Waals surface area (Å²) in [5, 5.41) is 9.11. The third-order valence-corrected chi connectivity index (χ3v) is 2.76. The van der Waals surface area contributed by atoms with Crippen molar-refractivity contribution in [3.05, 3.63) is 53.4 Å². The topological polar surface area (TPSA) is 76.0 Å². The van der Waals surface area contributed by atoms with Crippen LogP contribution in [0, 0.1) is 0 Å². The van der Waals surface area contributed by atoms with Gasteiger partial charge < -0.3 is 5.11 Å². The summed E-state index contributed by atoms with van der Waals surface area (Å²) in [6.45, 7) is 3.84. The molecule has 5 heteroatoms. The van der Waals surface area contributed by atoms with Gasteiger partial charge in [-0.05, 0) is 23.6 Å². The molecule has 0 aromatic carbocycles. The van der Waals surface area contributed by atoms with Gasteiger partial charge in [0.25, 0.3) is 0 Å². The van der Waals surface area contributed by atoms with Crippen molar-refractivity contribution in [2.45, 2.75) is 26.2 Å². The Morgan fingerprint density at radius 3 is 2.58 bits per heavy atom. The quantitative estimate of drug-likeness (QED) is 0.909. The molecule has 0 radical (unpaired) electrons. The van der Waals surface area contributed by atoms with E-state index in [0.717, 1.165) is 5.56 Å². The number of aromatic nitrogens is 3. The maximum atomic E-state index is 11.1. The highest BCUT2D eigenvalue weighted by molar-refractivity contribution is 5.88. The maximum absolute atomic E-state index is 11.1. The normalized spacial score (nSPS) is 10.7. The van der Waals surface area contributed by atoms with Gasteiger partial charge in [-0.15, -0.1) is 0 Å². The molecule has 98 valence electrons. The van der Waals surface area contributed by atoms with E-state index >= 15 is 0 Å². The van der Waals surface area contributed by atoms with Crippen molar-refractivity contribution in [1.29, 1.82) is 0 Å². The molecule has 0 spiro atoms. The highest BCUT2D eigenvalue weighted by atomic mass is 16.4. The zero-order valence-corrected chi connectivity index (χ0v) is 10.9. The number of carboxylic acids is 1. The fourth-order valence-corrected chi connectivity index (χ4v) is 1.81. The van der Waals surface area contributed by atoms with Crippen LogP contribution in [0.5, 0.6) is 0 Å². The summed E-state index contributed by atoms with van der Waals surface area (Å²) in [4.78, 5) is 23.6. The maximum Gasteiger partial charge on any atom is 0.339 e. The molecule has 2 aromatic heterocycles. The SMILES string of the molecule is CC(C)c1nc(Cc2ccncc2)ncc1C(=O)O. The van der Waals surface area contributed by atoms with Crippen LogP contribution in [0.2, 0.25) is 0 Å². The van der Waals surface area contributed by atoms with Crippen LogP contribution in [0.4, 0.5) is 0 Å². The van der Waals surface area contributed by atoms with E-state index in [-0.39, 0.29) is 11.5 Å². The van der Waals surface area contributed by atoms with Crippen LogP contribution in [0.15, 0.2) is 30.7 Å². The Balaban J connectivity index is 2.33. The molecule has 0 aliphatic rings. The van der Waals surface area contributed by atoms with E-state index in [0.29, 0.717) is 17.9 Å². The molecule has 1 N–H and O–H groups in total. The molecule has 0 atom stereocenters. The van der Waals surface area contributed by atoms with Crippen LogP contribution in [0.1, 0.15) is 47.2 Å². The lowest BCUT2D eigenvalue weighted by Gasteiger charge is -2.10. The molecule has 0 amide bonds. The largest absolute Gasteiger partial charge is 0.478 e. The summed E-state index contributed by atoms with van der Waals surface area (Å²) >= 11 is 0. The van der Waals surface area contributed by atoms with Gasteiger partial charge in [0, 0.05) is 25.0 Å². The number of carboxylic acid groups (broad SMARTS) is 1. The highest BCUT2D eigenvalue weighted by Crippen LogP contribution is 2.17. The molecule has 5 nitrogen and oxygen atoms in total. The van der Waals surface area contributed by atoms with E-state index in [4.69, 9.17) is 5.11 Å². The summed E-state index contributed by atoms with van der Waals surface area (Å²) in [7, 11) is 0. The fraction of sp³-hybridized carbons (Fsp3) is 0.286. The molecule has 2 rings (SSSR count). The Hall–Kier alpha value is -2.30. The Bertz CT molecular complexity index is 582. The van der Waals surface area contributed by atoms with Crippen LogP contribution in [0.3, 0.4) is 0 Å². The standard InChI is InChI=1S/C14H15N3O2/c1-9(2)13-11(14(18)19)8-16-12(17-13)7-10-3-5-15-6-4-10/h3-6,8-9H,7H2,1-2H3,(H,18,19). The smallest absolute Gasteiger partial charge is 0.339 e. The molecular weight excluding hydrogens is 242 g/mol.